The average molecular weight is 583 g/mol. The van der Waals surface area contributed by atoms with E-state index in [0.717, 1.165) is 23.0 Å². The molecule has 3 heterocycles. The first-order chi connectivity index (χ1) is 19.9. The van der Waals surface area contributed by atoms with Gasteiger partial charge in [0.1, 0.15) is 11.5 Å². The van der Waals surface area contributed by atoms with Crippen molar-refractivity contribution < 1.29 is 32.2 Å². The predicted molar refractivity (Wildman–Crippen MR) is 150 cm³/mol. The lowest BCUT2D eigenvalue weighted by Crippen LogP contribution is -2.39. The molecule has 42 heavy (non-hydrogen) atoms. The van der Waals surface area contributed by atoms with Crippen molar-refractivity contribution in [1.82, 2.24) is 24.8 Å². The van der Waals surface area contributed by atoms with Gasteiger partial charge in [-0.1, -0.05) is 11.6 Å². The van der Waals surface area contributed by atoms with E-state index < -0.39 is 23.8 Å². The molecule has 1 unspecified atom stereocenters. The maximum atomic E-state index is 13.5. The molecule has 1 aliphatic heterocycles. The quantitative estimate of drug-likeness (QED) is 0.233. The van der Waals surface area contributed by atoms with E-state index >= 15 is 0 Å². The van der Waals surface area contributed by atoms with Crippen LogP contribution in [0.3, 0.4) is 0 Å². The number of nitrogens with one attached hydrogen (secondary N) is 2. The van der Waals surface area contributed by atoms with E-state index in [1.807, 2.05) is 43.1 Å². The zero-order valence-electron chi connectivity index (χ0n) is 23.4. The molecule has 2 aromatic carbocycles. The lowest BCUT2D eigenvalue weighted by molar-refractivity contribution is -0.189. The fourth-order valence-corrected chi connectivity index (χ4v) is 4.95. The van der Waals surface area contributed by atoms with Crippen LogP contribution in [0, 0.1) is 6.92 Å². The molecule has 0 saturated carbocycles. The van der Waals surface area contributed by atoms with Crippen molar-refractivity contribution in [3.05, 3.63) is 59.9 Å². The van der Waals surface area contributed by atoms with Gasteiger partial charge in [0, 0.05) is 30.5 Å². The van der Waals surface area contributed by atoms with Crippen LogP contribution in [-0.4, -0.2) is 83.1 Å². The van der Waals surface area contributed by atoms with Gasteiger partial charge in [0.25, 0.3) is 5.91 Å². The topological polar surface area (TPSA) is 113 Å². The number of fused-ring (bicyclic) bond motifs is 1. The van der Waals surface area contributed by atoms with Gasteiger partial charge in [0.05, 0.1) is 36.4 Å². The second kappa shape index (κ2) is 11.3. The number of hydrogen-bond donors (Lipinski definition) is 2. The third-order valence-electron chi connectivity index (χ3n) is 7.16. The molecule has 0 aliphatic carbocycles. The number of likely N-dealkylation sites (tertiary alicyclic amines) is 1. The van der Waals surface area contributed by atoms with Crippen LogP contribution < -0.4 is 14.8 Å². The molecule has 0 radical (unpaired) electrons. The summed E-state index contributed by atoms with van der Waals surface area (Å²) in [6.45, 7) is 3.36. The Hall–Kier alpha value is -4.65. The van der Waals surface area contributed by atoms with Crippen molar-refractivity contribution in [2.75, 3.05) is 39.6 Å². The van der Waals surface area contributed by atoms with Gasteiger partial charge in [-0.15, -0.1) is 0 Å². The summed E-state index contributed by atoms with van der Waals surface area (Å²) in [7, 11) is 4.67. The predicted octanol–water partition coefficient (Wildman–Crippen LogP) is 4.93. The molecule has 220 valence electrons. The van der Waals surface area contributed by atoms with E-state index in [1.54, 1.807) is 13.2 Å². The number of aromatic nitrogens is 3. The summed E-state index contributed by atoms with van der Waals surface area (Å²) in [6.07, 6.45) is -1.62. The number of aryl methyl sites for hydroxylation is 1. The first-order valence-corrected chi connectivity index (χ1v) is 13.1. The summed E-state index contributed by atoms with van der Waals surface area (Å²) in [5, 5.41) is 3.97. The number of ether oxygens (including phenoxy) is 2. The maximum Gasteiger partial charge on any atom is 0.491 e. The number of nitrogens with zero attached hydrogens (tertiary/aromatic N) is 4. The fraction of sp³-hybridized carbons (Fsp3) is 0.310. The SMILES string of the molecule is COc1c(Nc2cncc(-c3cc4cc(C)ccc4[nH]3)n2)ccc(C(=O)N(C)C2CCN(C)C2)c1OC(=O)C(F)(F)F. The summed E-state index contributed by atoms with van der Waals surface area (Å²) < 4.78 is 49.9. The Labute approximate surface area is 239 Å². The minimum atomic E-state index is -5.30. The Morgan fingerprint density at radius 2 is 1.93 bits per heavy atom. The highest BCUT2D eigenvalue weighted by Crippen LogP contribution is 2.41. The molecule has 1 fully saturated rings. The minimum absolute atomic E-state index is 0.112. The first kappa shape index (κ1) is 28.9. The molecule has 1 atom stereocenters. The average Bonchev–Trinajstić information content (AvgIpc) is 3.58. The summed E-state index contributed by atoms with van der Waals surface area (Å²) in [6, 6.07) is 10.5. The molecule has 13 heteroatoms. The lowest BCUT2D eigenvalue weighted by atomic mass is 10.1. The van der Waals surface area contributed by atoms with Crippen LogP contribution >= 0.6 is 0 Å². The highest BCUT2D eigenvalue weighted by atomic mass is 19.4. The number of H-pyrrole nitrogens is 1. The molecule has 4 aromatic rings. The zero-order valence-corrected chi connectivity index (χ0v) is 23.4. The van der Waals surface area contributed by atoms with Crippen molar-refractivity contribution in [1.29, 1.82) is 0 Å². The van der Waals surface area contributed by atoms with Gasteiger partial charge in [0.15, 0.2) is 11.5 Å². The third kappa shape index (κ3) is 5.86. The van der Waals surface area contributed by atoms with E-state index in [-0.39, 0.29) is 28.9 Å². The molecule has 10 nitrogen and oxygen atoms in total. The maximum absolute atomic E-state index is 13.5. The standard InChI is InChI=1S/C29H29F3N6O4/c1-16-5-7-20-17(11-16)12-22(34-20)23-13-33-14-24(36-23)35-21-8-6-19(27(39)38(3)18-9-10-37(2)15-18)25(26(21)41-4)42-28(40)29(30,31)32/h5-8,11-14,18,34H,9-10,15H2,1-4H3,(H,35,36). The van der Waals surface area contributed by atoms with Crippen LogP contribution in [-0.2, 0) is 4.79 Å². The third-order valence-corrected chi connectivity index (χ3v) is 7.16. The molecule has 0 spiro atoms. The molecule has 1 amide bonds. The normalized spacial score (nSPS) is 15.5. The first-order valence-electron chi connectivity index (χ1n) is 13.1. The molecule has 2 aromatic heterocycles. The van der Waals surface area contributed by atoms with E-state index in [1.165, 1.54) is 30.3 Å². The van der Waals surface area contributed by atoms with Crippen molar-refractivity contribution >= 4 is 34.3 Å². The summed E-state index contributed by atoms with van der Waals surface area (Å²) in [5.74, 6) is -3.78. The summed E-state index contributed by atoms with van der Waals surface area (Å²) in [4.78, 5) is 41.0. The highest BCUT2D eigenvalue weighted by Gasteiger charge is 2.43. The van der Waals surface area contributed by atoms with E-state index in [4.69, 9.17) is 9.47 Å². The number of carbonyl (C=O) groups is 2. The monoisotopic (exact) mass is 582 g/mol. The molecule has 5 rings (SSSR count). The largest absolute Gasteiger partial charge is 0.491 e. The molecule has 1 aliphatic rings. The van der Waals surface area contributed by atoms with E-state index in [9.17, 15) is 22.8 Å². The second-order valence-corrected chi connectivity index (χ2v) is 10.2. The van der Waals surface area contributed by atoms with Crippen LogP contribution in [0.2, 0.25) is 0 Å². The van der Waals surface area contributed by atoms with Crippen LogP contribution in [0.1, 0.15) is 22.3 Å². The number of anilines is 2. The second-order valence-electron chi connectivity index (χ2n) is 10.2. The number of alkyl halides is 3. The van der Waals surface area contributed by atoms with Crippen LogP contribution in [0.4, 0.5) is 24.7 Å². The van der Waals surface area contributed by atoms with Crippen LogP contribution in [0.5, 0.6) is 11.5 Å². The van der Waals surface area contributed by atoms with E-state index in [2.05, 4.69) is 20.3 Å². The van der Waals surface area contributed by atoms with Crippen molar-refractivity contribution in [3.8, 4) is 22.9 Å². The van der Waals surface area contributed by atoms with Crippen molar-refractivity contribution in [2.45, 2.75) is 25.6 Å². The Bertz CT molecular complexity index is 1650. The number of benzene rings is 2. The smallest absolute Gasteiger partial charge is 0.491 e. The van der Waals surface area contributed by atoms with Crippen molar-refractivity contribution in [3.63, 3.8) is 0 Å². The number of carbonyl (C=O) groups excluding carboxylic acids is 2. The molecule has 0 bridgehead atoms. The van der Waals surface area contributed by atoms with Crippen LogP contribution in [0.15, 0.2) is 48.8 Å². The van der Waals surface area contributed by atoms with E-state index in [0.29, 0.717) is 24.4 Å². The van der Waals surface area contributed by atoms with Crippen molar-refractivity contribution in [2.24, 2.45) is 0 Å². The van der Waals surface area contributed by atoms with Gasteiger partial charge >= 0.3 is 12.1 Å². The van der Waals surface area contributed by atoms with Gasteiger partial charge in [0.2, 0.25) is 0 Å². The minimum Gasteiger partial charge on any atom is -0.491 e. The fourth-order valence-electron chi connectivity index (χ4n) is 4.95. The van der Waals surface area contributed by atoms with Gasteiger partial charge in [-0.25, -0.2) is 9.78 Å². The molecular weight excluding hydrogens is 553 g/mol. The van der Waals surface area contributed by atoms with Gasteiger partial charge < -0.3 is 29.6 Å². The number of aromatic amines is 1. The Morgan fingerprint density at radius 3 is 2.62 bits per heavy atom. The van der Waals surface area contributed by atoms with Crippen LogP contribution in [0.25, 0.3) is 22.3 Å². The Morgan fingerprint density at radius 1 is 1.14 bits per heavy atom. The van der Waals surface area contributed by atoms with Gasteiger partial charge in [-0.2, -0.15) is 13.2 Å². The number of methoxy groups -OCH3 is 1. The lowest BCUT2D eigenvalue weighted by Gasteiger charge is -2.26. The Kier molecular flexibility index (Phi) is 7.78. The van der Waals surface area contributed by atoms with Gasteiger partial charge in [-0.3, -0.25) is 9.78 Å². The summed E-state index contributed by atoms with van der Waals surface area (Å²) in [5.41, 5.74) is 3.10. The molecule has 2 N–H and O–H groups in total. The number of likely N-dealkylation sites (N-methyl/N-ethyl adjacent to an activating group) is 2. The number of esters is 1. The highest BCUT2D eigenvalue weighted by molar-refractivity contribution is 6.00. The number of amides is 1. The molecule has 1 saturated heterocycles. The number of halogens is 3. The number of hydrogen-bond acceptors (Lipinski definition) is 8. The summed E-state index contributed by atoms with van der Waals surface area (Å²) >= 11 is 0. The van der Waals surface area contributed by atoms with Gasteiger partial charge in [-0.05, 0) is 57.3 Å². The number of rotatable bonds is 7. The Balaban J connectivity index is 1.50. The molecular formula is C29H29F3N6O4. The zero-order chi connectivity index (χ0) is 30.2.